The van der Waals surface area contributed by atoms with Crippen LogP contribution in [0.5, 0.6) is 0 Å². The molecule has 0 N–H and O–H groups in total. The molecule has 4 nitrogen and oxygen atoms in total. The monoisotopic (exact) mass is 391 g/mol. The van der Waals surface area contributed by atoms with E-state index in [0.29, 0.717) is 17.2 Å². The van der Waals surface area contributed by atoms with Gasteiger partial charge in [0, 0.05) is 37.1 Å². The predicted octanol–water partition coefficient (Wildman–Crippen LogP) is 6.30. The second kappa shape index (κ2) is 8.50. The molecule has 0 unspecified atom stereocenters. The Bertz CT molecular complexity index is 1200. The maximum atomic E-state index is 9.93. The molecule has 1 heterocycles. The van der Waals surface area contributed by atoms with Crippen molar-refractivity contribution in [3.05, 3.63) is 96.1 Å². The number of nitriles is 1. The van der Waals surface area contributed by atoms with Gasteiger partial charge in [0.1, 0.15) is 17.4 Å². The third kappa shape index (κ3) is 3.87. The molecule has 30 heavy (non-hydrogen) atoms. The van der Waals surface area contributed by atoms with Gasteiger partial charge in [0.05, 0.1) is 0 Å². The van der Waals surface area contributed by atoms with Crippen molar-refractivity contribution in [2.24, 2.45) is 4.99 Å². The van der Waals surface area contributed by atoms with E-state index in [1.54, 1.807) is 6.21 Å². The summed E-state index contributed by atoms with van der Waals surface area (Å²) in [5, 5.41) is 9.93. The van der Waals surface area contributed by atoms with Gasteiger partial charge in [-0.2, -0.15) is 5.26 Å². The number of nitrogens with zero attached hydrogens (tertiary/aromatic N) is 3. The highest BCUT2D eigenvalue weighted by molar-refractivity contribution is 5.90. The number of hydrogen-bond acceptors (Lipinski definition) is 4. The molecular weight excluding hydrogens is 370 g/mol. The summed E-state index contributed by atoms with van der Waals surface area (Å²) in [6, 6.07) is 29.9. The summed E-state index contributed by atoms with van der Waals surface area (Å²) in [5.74, 6) is 0.959. The highest BCUT2D eigenvalue weighted by Gasteiger charge is 2.22. The van der Waals surface area contributed by atoms with E-state index in [0.717, 1.165) is 27.9 Å². The van der Waals surface area contributed by atoms with Gasteiger partial charge in [-0.3, -0.25) is 0 Å². The lowest BCUT2D eigenvalue weighted by Gasteiger charge is -2.11. The molecule has 4 aromatic rings. The largest absolute Gasteiger partial charge is 0.436 e. The smallest absolute Gasteiger partial charge is 0.238 e. The van der Waals surface area contributed by atoms with Crippen LogP contribution in [-0.2, 0) is 0 Å². The third-order valence-electron chi connectivity index (χ3n) is 4.84. The van der Waals surface area contributed by atoms with Crippen molar-refractivity contribution in [3.8, 4) is 28.5 Å². The van der Waals surface area contributed by atoms with Crippen LogP contribution in [0.2, 0.25) is 0 Å². The van der Waals surface area contributed by atoms with Gasteiger partial charge in [0.25, 0.3) is 0 Å². The van der Waals surface area contributed by atoms with Crippen LogP contribution in [0.25, 0.3) is 22.5 Å². The summed E-state index contributed by atoms with van der Waals surface area (Å²) in [6.07, 6.45) is 1.72. The van der Waals surface area contributed by atoms with Crippen molar-refractivity contribution in [1.29, 1.82) is 5.26 Å². The highest BCUT2D eigenvalue weighted by atomic mass is 16.4. The van der Waals surface area contributed by atoms with E-state index in [-0.39, 0.29) is 0 Å². The average molecular weight is 391 g/mol. The first kappa shape index (κ1) is 19.2. The molecular formula is C26H21N3O. The molecule has 0 saturated heterocycles. The number of benzene rings is 3. The molecule has 0 aliphatic rings. The Morgan fingerprint density at radius 2 is 1.43 bits per heavy atom. The second-order valence-electron chi connectivity index (χ2n) is 7.07. The lowest BCUT2D eigenvalue weighted by atomic mass is 9.98. The number of furan rings is 1. The first-order chi connectivity index (χ1) is 14.7. The Morgan fingerprint density at radius 1 is 0.833 bits per heavy atom. The van der Waals surface area contributed by atoms with Crippen LogP contribution in [-0.4, -0.2) is 20.3 Å². The van der Waals surface area contributed by atoms with Gasteiger partial charge < -0.3 is 9.32 Å². The summed E-state index contributed by atoms with van der Waals surface area (Å²) < 4.78 is 6.13. The van der Waals surface area contributed by atoms with Gasteiger partial charge in [0.2, 0.25) is 5.88 Å². The van der Waals surface area contributed by atoms with Gasteiger partial charge in [-0.05, 0) is 23.3 Å². The van der Waals surface area contributed by atoms with Crippen molar-refractivity contribution in [2.45, 2.75) is 0 Å². The second-order valence-corrected chi connectivity index (χ2v) is 7.07. The van der Waals surface area contributed by atoms with Crippen molar-refractivity contribution >= 4 is 17.8 Å². The van der Waals surface area contributed by atoms with Crippen LogP contribution in [0.15, 0.2) is 94.3 Å². The molecule has 0 saturated carbocycles. The molecule has 0 spiro atoms. The van der Waals surface area contributed by atoms with E-state index in [2.05, 4.69) is 11.1 Å². The fraction of sp³-hybridized carbons (Fsp3) is 0.0769. The first-order valence-electron chi connectivity index (χ1n) is 9.66. The molecule has 146 valence electrons. The predicted molar refractivity (Wildman–Crippen MR) is 122 cm³/mol. The number of hydrogen-bond donors (Lipinski definition) is 0. The lowest BCUT2D eigenvalue weighted by molar-refractivity contribution is 0.593. The normalized spacial score (nSPS) is 10.8. The zero-order valence-corrected chi connectivity index (χ0v) is 16.9. The Balaban J connectivity index is 1.81. The summed E-state index contributed by atoms with van der Waals surface area (Å²) in [7, 11) is 4.00. The van der Waals surface area contributed by atoms with Gasteiger partial charge in [0.15, 0.2) is 0 Å². The Labute approximate surface area is 176 Å². The first-order valence-corrected chi connectivity index (χ1v) is 9.66. The third-order valence-corrected chi connectivity index (χ3v) is 4.84. The molecule has 0 amide bonds. The van der Waals surface area contributed by atoms with E-state index < -0.39 is 0 Å². The molecule has 0 aliphatic carbocycles. The van der Waals surface area contributed by atoms with Crippen molar-refractivity contribution in [3.63, 3.8) is 0 Å². The fourth-order valence-corrected chi connectivity index (χ4v) is 3.28. The molecule has 0 fully saturated rings. The molecule has 1 aromatic heterocycles. The maximum Gasteiger partial charge on any atom is 0.238 e. The van der Waals surface area contributed by atoms with E-state index in [4.69, 9.17) is 4.42 Å². The lowest BCUT2D eigenvalue weighted by Crippen LogP contribution is -2.08. The quantitative estimate of drug-likeness (QED) is 0.375. The molecule has 0 radical (unpaired) electrons. The van der Waals surface area contributed by atoms with Gasteiger partial charge in [-0.1, -0.05) is 72.8 Å². The highest BCUT2D eigenvalue weighted by Crippen LogP contribution is 2.42. The Morgan fingerprint density at radius 3 is 2.00 bits per heavy atom. The van der Waals surface area contributed by atoms with Crippen LogP contribution < -0.4 is 4.90 Å². The minimum atomic E-state index is 0.312. The molecule has 4 rings (SSSR count). The summed E-state index contributed by atoms with van der Waals surface area (Å²) >= 11 is 0. The van der Waals surface area contributed by atoms with Crippen LogP contribution in [0.3, 0.4) is 0 Å². The average Bonchev–Trinajstić information content (AvgIpc) is 3.17. The summed E-state index contributed by atoms with van der Waals surface area (Å²) in [5.41, 5.74) is 5.07. The van der Waals surface area contributed by atoms with Crippen molar-refractivity contribution < 1.29 is 4.42 Å². The van der Waals surface area contributed by atoms with E-state index >= 15 is 0 Å². The topological polar surface area (TPSA) is 52.5 Å². The number of rotatable bonds is 5. The van der Waals surface area contributed by atoms with Gasteiger partial charge in [-0.25, -0.2) is 4.99 Å². The summed E-state index contributed by atoms with van der Waals surface area (Å²) in [4.78, 5) is 6.57. The summed E-state index contributed by atoms with van der Waals surface area (Å²) in [6.45, 7) is 0. The zero-order valence-electron chi connectivity index (χ0n) is 16.9. The van der Waals surface area contributed by atoms with Gasteiger partial charge in [-0.15, -0.1) is 0 Å². The minimum absolute atomic E-state index is 0.312. The van der Waals surface area contributed by atoms with Crippen molar-refractivity contribution in [2.75, 3.05) is 19.0 Å². The minimum Gasteiger partial charge on any atom is -0.436 e. The van der Waals surface area contributed by atoms with E-state index in [1.165, 1.54) is 0 Å². The molecule has 3 aromatic carbocycles. The molecule has 0 aliphatic heterocycles. The van der Waals surface area contributed by atoms with Gasteiger partial charge >= 0.3 is 0 Å². The molecule has 0 atom stereocenters. The Kier molecular flexibility index (Phi) is 5.45. The van der Waals surface area contributed by atoms with Crippen LogP contribution in [0.1, 0.15) is 11.1 Å². The van der Waals surface area contributed by atoms with Crippen LogP contribution in [0, 0.1) is 11.3 Å². The SMILES string of the molecule is CN(C)c1ccc(C=Nc2oc(-c3ccccc3)c(-c3ccccc3)c2C#N)cc1. The van der Waals surface area contributed by atoms with Crippen LogP contribution in [0.4, 0.5) is 11.6 Å². The van der Waals surface area contributed by atoms with Crippen molar-refractivity contribution in [1.82, 2.24) is 0 Å². The number of anilines is 1. The van der Waals surface area contributed by atoms with Crippen LogP contribution >= 0.6 is 0 Å². The fourth-order valence-electron chi connectivity index (χ4n) is 3.28. The number of aliphatic imine (C=N–C) groups is 1. The van der Waals surface area contributed by atoms with E-state index in [9.17, 15) is 5.26 Å². The molecule has 4 heteroatoms. The Hall–Kier alpha value is -4.10. The maximum absolute atomic E-state index is 9.93. The zero-order chi connectivity index (χ0) is 20.9. The molecule has 0 bridgehead atoms. The van der Waals surface area contributed by atoms with E-state index in [1.807, 2.05) is 104 Å². The standard InChI is InChI=1S/C26H21N3O/c1-29(2)22-15-13-19(14-16-22)18-28-26-23(17-27)24(20-9-5-3-6-10-20)25(30-26)21-11-7-4-8-12-21/h3-16,18H,1-2H3.